The maximum Gasteiger partial charge on any atom is 0.273 e. The second kappa shape index (κ2) is 5.87. The first-order valence-electron chi connectivity index (χ1n) is 7.42. The number of anilines is 2. The smallest absolute Gasteiger partial charge is 0.273 e. The minimum atomic E-state index is -0.371. The summed E-state index contributed by atoms with van der Waals surface area (Å²) in [4.78, 5) is 15.5. The third kappa shape index (κ3) is 2.93. The highest BCUT2D eigenvalue weighted by Crippen LogP contribution is 2.30. The molecule has 114 valence electrons. The van der Waals surface area contributed by atoms with E-state index < -0.39 is 0 Å². The number of hydrogen-bond acceptors (Lipinski definition) is 6. The molecule has 0 aromatic heterocycles. The van der Waals surface area contributed by atoms with Gasteiger partial charge in [-0.3, -0.25) is 20.9 Å². The highest BCUT2D eigenvalue weighted by Gasteiger charge is 2.29. The highest BCUT2D eigenvalue weighted by atomic mass is 16.6. The standard InChI is InChI=1S/C14H21N5O2/c15-16-11-7-13(9-14(8-11)19(20)21)18-6-2-5-17-4-1-3-12(17)10-18/h7-9,12,16H,1-6,10,15H2. The van der Waals surface area contributed by atoms with Crippen LogP contribution in [-0.2, 0) is 0 Å². The van der Waals surface area contributed by atoms with Crippen LogP contribution in [0.4, 0.5) is 17.1 Å². The minimum absolute atomic E-state index is 0.0768. The Balaban J connectivity index is 1.87. The van der Waals surface area contributed by atoms with Gasteiger partial charge in [0, 0.05) is 43.5 Å². The summed E-state index contributed by atoms with van der Waals surface area (Å²) in [7, 11) is 0. The van der Waals surface area contributed by atoms with Crippen LogP contribution in [-0.4, -0.2) is 42.0 Å². The van der Waals surface area contributed by atoms with Crippen LogP contribution in [0.2, 0.25) is 0 Å². The summed E-state index contributed by atoms with van der Waals surface area (Å²) >= 11 is 0. The van der Waals surface area contributed by atoms with Gasteiger partial charge in [0.2, 0.25) is 0 Å². The Kier molecular flexibility index (Phi) is 3.94. The molecule has 7 nitrogen and oxygen atoms in total. The SMILES string of the molecule is NNc1cc(N2CCCN3CCCC3C2)cc([N+](=O)[O-])c1. The predicted octanol–water partition coefficient (Wildman–Crippen LogP) is 1.55. The number of nitrogens with two attached hydrogens (primary N) is 1. The first kappa shape index (κ1) is 14.1. The van der Waals surface area contributed by atoms with Crippen molar-refractivity contribution in [3.05, 3.63) is 28.3 Å². The molecule has 2 aliphatic heterocycles. The summed E-state index contributed by atoms with van der Waals surface area (Å²) < 4.78 is 0. The number of nitrogen functional groups attached to an aromatic ring is 1. The molecule has 0 radical (unpaired) electrons. The number of nitrogens with one attached hydrogen (secondary N) is 1. The van der Waals surface area contributed by atoms with Gasteiger partial charge in [-0.05, 0) is 31.9 Å². The molecule has 0 bridgehead atoms. The summed E-state index contributed by atoms with van der Waals surface area (Å²) in [6.07, 6.45) is 3.56. The molecule has 2 saturated heterocycles. The first-order chi connectivity index (χ1) is 10.2. The zero-order valence-electron chi connectivity index (χ0n) is 12.0. The van der Waals surface area contributed by atoms with Crippen molar-refractivity contribution >= 4 is 17.1 Å². The van der Waals surface area contributed by atoms with Gasteiger partial charge >= 0.3 is 0 Å². The number of nitro groups is 1. The van der Waals surface area contributed by atoms with Gasteiger partial charge in [0.25, 0.3) is 5.69 Å². The van der Waals surface area contributed by atoms with Crippen molar-refractivity contribution in [3.63, 3.8) is 0 Å². The number of non-ortho nitro benzene ring substituents is 1. The Labute approximate surface area is 123 Å². The molecule has 1 aromatic rings. The molecule has 2 fully saturated rings. The number of hydrogen-bond donors (Lipinski definition) is 2. The minimum Gasteiger partial charge on any atom is -0.370 e. The van der Waals surface area contributed by atoms with E-state index in [-0.39, 0.29) is 10.6 Å². The summed E-state index contributed by atoms with van der Waals surface area (Å²) in [6.45, 7) is 4.17. The van der Waals surface area contributed by atoms with Crippen LogP contribution in [0.15, 0.2) is 18.2 Å². The number of benzene rings is 1. The molecule has 21 heavy (non-hydrogen) atoms. The Morgan fingerprint density at radius 2 is 2.05 bits per heavy atom. The van der Waals surface area contributed by atoms with Crippen LogP contribution in [0.25, 0.3) is 0 Å². The van der Waals surface area contributed by atoms with E-state index >= 15 is 0 Å². The number of nitrogens with zero attached hydrogens (tertiary/aromatic N) is 3. The highest BCUT2D eigenvalue weighted by molar-refractivity contribution is 5.64. The number of nitro benzene ring substituents is 1. The lowest BCUT2D eigenvalue weighted by molar-refractivity contribution is -0.384. The van der Waals surface area contributed by atoms with E-state index in [1.165, 1.54) is 25.5 Å². The largest absolute Gasteiger partial charge is 0.370 e. The van der Waals surface area contributed by atoms with Gasteiger partial charge in [-0.25, -0.2) is 0 Å². The number of rotatable bonds is 3. The fraction of sp³-hybridized carbons (Fsp3) is 0.571. The molecular weight excluding hydrogens is 270 g/mol. The topological polar surface area (TPSA) is 87.7 Å². The normalized spacial score (nSPS) is 22.7. The molecule has 3 N–H and O–H groups in total. The quantitative estimate of drug-likeness (QED) is 0.499. The average molecular weight is 291 g/mol. The molecule has 0 spiro atoms. The van der Waals surface area contributed by atoms with Gasteiger partial charge in [-0.2, -0.15) is 0 Å². The van der Waals surface area contributed by atoms with Crippen LogP contribution >= 0.6 is 0 Å². The Morgan fingerprint density at radius 3 is 2.81 bits per heavy atom. The molecule has 2 aliphatic rings. The molecule has 0 amide bonds. The second-order valence-corrected chi connectivity index (χ2v) is 5.77. The molecule has 1 unspecified atom stereocenters. The Morgan fingerprint density at radius 1 is 1.24 bits per heavy atom. The van der Waals surface area contributed by atoms with Gasteiger partial charge in [0.15, 0.2) is 0 Å². The zero-order valence-corrected chi connectivity index (χ0v) is 12.0. The number of fused-ring (bicyclic) bond motifs is 1. The van der Waals surface area contributed by atoms with Crippen molar-refractivity contribution in [2.45, 2.75) is 25.3 Å². The summed E-state index contributed by atoms with van der Waals surface area (Å²) in [5.74, 6) is 5.43. The van der Waals surface area contributed by atoms with E-state index in [2.05, 4.69) is 15.2 Å². The zero-order chi connectivity index (χ0) is 14.8. The van der Waals surface area contributed by atoms with Crippen LogP contribution in [0.1, 0.15) is 19.3 Å². The molecule has 1 atom stereocenters. The molecular formula is C14H21N5O2. The summed E-state index contributed by atoms with van der Waals surface area (Å²) in [6, 6.07) is 5.56. The lowest BCUT2D eigenvalue weighted by Gasteiger charge is -2.27. The van der Waals surface area contributed by atoms with Crippen LogP contribution in [0.3, 0.4) is 0 Å². The third-order valence-corrected chi connectivity index (χ3v) is 4.45. The first-order valence-corrected chi connectivity index (χ1v) is 7.42. The fourth-order valence-electron chi connectivity index (χ4n) is 3.41. The Hall–Kier alpha value is -1.86. The van der Waals surface area contributed by atoms with E-state index in [1.54, 1.807) is 6.07 Å². The van der Waals surface area contributed by atoms with E-state index in [0.717, 1.165) is 31.7 Å². The van der Waals surface area contributed by atoms with Crippen LogP contribution in [0.5, 0.6) is 0 Å². The van der Waals surface area contributed by atoms with E-state index in [1.807, 2.05) is 6.07 Å². The lowest BCUT2D eigenvalue weighted by atomic mass is 10.2. The molecule has 7 heteroatoms. The van der Waals surface area contributed by atoms with Crippen molar-refractivity contribution in [2.75, 3.05) is 36.5 Å². The molecule has 0 aliphatic carbocycles. The van der Waals surface area contributed by atoms with Gasteiger partial charge < -0.3 is 10.3 Å². The van der Waals surface area contributed by atoms with Crippen LogP contribution < -0.4 is 16.2 Å². The fourth-order valence-corrected chi connectivity index (χ4v) is 3.41. The maximum atomic E-state index is 11.1. The van der Waals surface area contributed by atoms with Crippen molar-refractivity contribution in [2.24, 2.45) is 5.84 Å². The second-order valence-electron chi connectivity index (χ2n) is 5.77. The average Bonchev–Trinajstić information content (AvgIpc) is 2.83. The molecule has 0 saturated carbocycles. The van der Waals surface area contributed by atoms with E-state index in [4.69, 9.17) is 5.84 Å². The van der Waals surface area contributed by atoms with Crippen LogP contribution in [0, 0.1) is 10.1 Å². The van der Waals surface area contributed by atoms with Gasteiger partial charge in [0.05, 0.1) is 10.6 Å². The summed E-state index contributed by atoms with van der Waals surface area (Å²) in [5.41, 5.74) is 4.06. The van der Waals surface area contributed by atoms with Crippen molar-refractivity contribution < 1.29 is 4.92 Å². The Bertz CT molecular complexity index is 536. The molecule has 2 heterocycles. The van der Waals surface area contributed by atoms with Crippen molar-refractivity contribution in [1.29, 1.82) is 0 Å². The maximum absolute atomic E-state index is 11.1. The monoisotopic (exact) mass is 291 g/mol. The lowest BCUT2D eigenvalue weighted by Crippen LogP contribution is -2.36. The predicted molar refractivity (Wildman–Crippen MR) is 82.3 cm³/mol. The van der Waals surface area contributed by atoms with E-state index in [0.29, 0.717) is 11.7 Å². The van der Waals surface area contributed by atoms with Crippen molar-refractivity contribution in [3.8, 4) is 0 Å². The van der Waals surface area contributed by atoms with Crippen molar-refractivity contribution in [1.82, 2.24) is 4.90 Å². The van der Waals surface area contributed by atoms with Gasteiger partial charge in [0.1, 0.15) is 0 Å². The third-order valence-electron chi connectivity index (χ3n) is 4.45. The molecule has 1 aromatic carbocycles. The number of hydrazine groups is 1. The summed E-state index contributed by atoms with van der Waals surface area (Å²) in [5, 5.41) is 11.1. The van der Waals surface area contributed by atoms with E-state index in [9.17, 15) is 10.1 Å². The van der Waals surface area contributed by atoms with Gasteiger partial charge in [-0.1, -0.05) is 0 Å². The molecule has 3 rings (SSSR count). The van der Waals surface area contributed by atoms with Gasteiger partial charge in [-0.15, -0.1) is 0 Å².